The average Bonchev–Trinajstić information content (AvgIpc) is 2.39. The molecule has 0 fully saturated rings. The number of nitrogen functional groups attached to an aromatic ring is 1. The zero-order chi connectivity index (χ0) is 13.8. The van der Waals surface area contributed by atoms with Crippen LogP contribution >= 0.6 is 0 Å². The molecule has 1 heterocycles. The van der Waals surface area contributed by atoms with Crippen molar-refractivity contribution in [3.05, 3.63) is 51.8 Å². The Morgan fingerprint density at radius 3 is 2.58 bits per heavy atom. The van der Waals surface area contributed by atoms with Crippen molar-refractivity contribution >= 4 is 5.82 Å². The number of rotatable bonds is 3. The molecule has 2 aromatic rings. The van der Waals surface area contributed by atoms with E-state index >= 15 is 0 Å². The molecule has 1 aromatic heterocycles. The second-order valence-electron chi connectivity index (χ2n) is 4.40. The van der Waals surface area contributed by atoms with E-state index in [1.807, 2.05) is 30.3 Å². The lowest BCUT2D eigenvalue weighted by molar-refractivity contribution is 0.922. The lowest BCUT2D eigenvalue weighted by Gasteiger charge is -2.06. The summed E-state index contributed by atoms with van der Waals surface area (Å²) < 4.78 is 0. The van der Waals surface area contributed by atoms with Crippen LogP contribution in [-0.2, 0) is 6.42 Å². The second kappa shape index (κ2) is 5.40. The van der Waals surface area contributed by atoms with Crippen LogP contribution in [0.2, 0.25) is 0 Å². The third kappa shape index (κ3) is 2.66. The van der Waals surface area contributed by atoms with E-state index < -0.39 is 5.56 Å². The van der Waals surface area contributed by atoms with E-state index in [4.69, 9.17) is 11.0 Å². The standard InChI is InChI=1S/C15H15N3O/c1-2-3-10-4-6-11(7-5-10)12-8-14(17)18-15(19)13(12)9-16/h4-8H,2-3H2,1H3,(H3,17,18,19). The molecule has 0 atom stereocenters. The molecule has 0 aliphatic heterocycles. The first kappa shape index (κ1) is 12.9. The van der Waals surface area contributed by atoms with E-state index in [1.165, 1.54) is 5.56 Å². The predicted molar refractivity (Wildman–Crippen MR) is 75.6 cm³/mol. The highest BCUT2D eigenvalue weighted by atomic mass is 16.1. The van der Waals surface area contributed by atoms with Crippen molar-refractivity contribution in [2.45, 2.75) is 19.8 Å². The first-order chi connectivity index (χ1) is 9.15. The lowest BCUT2D eigenvalue weighted by atomic mass is 9.99. The summed E-state index contributed by atoms with van der Waals surface area (Å²) >= 11 is 0. The van der Waals surface area contributed by atoms with Crippen molar-refractivity contribution < 1.29 is 0 Å². The SMILES string of the molecule is CCCc1ccc(-c2cc(N)[nH]c(=O)c2C#N)cc1. The highest BCUT2D eigenvalue weighted by Gasteiger charge is 2.10. The van der Waals surface area contributed by atoms with Gasteiger partial charge in [-0.15, -0.1) is 0 Å². The van der Waals surface area contributed by atoms with Gasteiger partial charge in [0.25, 0.3) is 5.56 Å². The molecule has 19 heavy (non-hydrogen) atoms. The molecular formula is C15H15N3O. The van der Waals surface area contributed by atoms with Crippen molar-refractivity contribution in [1.29, 1.82) is 5.26 Å². The Balaban J connectivity index is 2.53. The minimum atomic E-state index is -0.449. The van der Waals surface area contributed by atoms with Crippen LogP contribution in [-0.4, -0.2) is 4.98 Å². The summed E-state index contributed by atoms with van der Waals surface area (Å²) in [7, 11) is 0. The van der Waals surface area contributed by atoms with Crippen molar-refractivity contribution in [3.8, 4) is 17.2 Å². The minimum Gasteiger partial charge on any atom is -0.385 e. The van der Waals surface area contributed by atoms with Crippen LogP contribution in [0.4, 0.5) is 5.82 Å². The van der Waals surface area contributed by atoms with E-state index in [0.717, 1.165) is 18.4 Å². The highest BCUT2D eigenvalue weighted by Crippen LogP contribution is 2.23. The number of nitriles is 1. The maximum absolute atomic E-state index is 11.7. The normalized spacial score (nSPS) is 10.1. The average molecular weight is 253 g/mol. The first-order valence-corrected chi connectivity index (χ1v) is 6.18. The van der Waals surface area contributed by atoms with Crippen molar-refractivity contribution in [3.63, 3.8) is 0 Å². The quantitative estimate of drug-likeness (QED) is 0.881. The third-order valence-electron chi connectivity index (χ3n) is 2.97. The van der Waals surface area contributed by atoms with Gasteiger partial charge in [0.05, 0.1) is 0 Å². The highest BCUT2D eigenvalue weighted by molar-refractivity contribution is 5.72. The van der Waals surface area contributed by atoms with Crippen molar-refractivity contribution in [2.75, 3.05) is 5.73 Å². The van der Waals surface area contributed by atoms with Gasteiger partial charge in [0, 0.05) is 5.56 Å². The van der Waals surface area contributed by atoms with Crippen LogP contribution < -0.4 is 11.3 Å². The van der Waals surface area contributed by atoms with Gasteiger partial charge < -0.3 is 10.7 Å². The molecule has 0 saturated heterocycles. The number of nitrogens with two attached hydrogens (primary N) is 1. The molecule has 0 saturated carbocycles. The van der Waals surface area contributed by atoms with Crippen LogP contribution in [0.1, 0.15) is 24.5 Å². The topological polar surface area (TPSA) is 82.7 Å². The van der Waals surface area contributed by atoms with Gasteiger partial charge in [0.2, 0.25) is 0 Å². The zero-order valence-electron chi connectivity index (χ0n) is 10.7. The number of nitrogens with zero attached hydrogens (tertiary/aromatic N) is 1. The van der Waals surface area contributed by atoms with Gasteiger partial charge in [0.15, 0.2) is 0 Å². The molecule has 4 heteroatoms. The van der Waals surface area contributed by atoms with Crippen molar-refractivity contribution in [1.82, 2.24) is 4.98 Å². The van der Waals surface area contributed by atoms with Crippen LogP contribution in [0.25, 0.3) is 11.1 Å². The summed E-state index contributed by atoms with van der Waals surface area (Å²) in [5.41, 5.74) is 7.92. The van der Waals surface area contributed by atoms with Gasteiger partial charge in [-0.05, 0) is 23.6 Å². The van der Waals surface area contributed by atoms with E-state index in [9.17, 15) is 4.79 Å². The van der Waals surface area contributed by atoms with Crippen LogP contribution in [0, 0.1) is 11.3 Å². The minimum absolute atomic E-state index is 0.0949. The summed E-state index contributed by atoms with van der Waals surface area (Å²) in [6.45, 7) is 2.12. The third-order valence-corrected chi connectivity index (χ3v) is 2.97. The van der Waals surface area contributed by atoms with Crippen LogP contribution in [0.3, 0.4) is 0 Å². The van der Waals surface area contributed by atoms with Gasteiger partial charge in [-0.3, -0.25) is 4.79 Å². The number of nitrogens with one attached hydrogen (secondary N) is 1. The van der Waals surface area contributed by atoms with E-state index in [1.54, 1.807) is 6.07 Å². The lowest BCUT2D eigenvalue weighted by Crippen LogP contribution is -2.13. The number of H-pyrrole nitrogens is 1. The maximum atomic E-state index is 11.7. The monoisotopic (exact) mass is 253 g/mol. The van der Waals surface area contributed by atoms with Gasteiger partial charge in [0.1, 0.15) is 17.5 Å². The molecule has 1 aromatic carbocycles. The Hall–Kier alpha value is -2.54. The van der Waals surface area contributed by atoms with E-state index in [2.05, 4.69) is 11.9 Å². The number of aromatic amines is 1. The first-order valence-electron chi connectivity index (χ1n) is 6.18. The maximum Gasteiger partial charge on any atom is 0.268 e. The predicted octanol–water partition coefficient (Wildman–Crippen LogP) is 2.45. The molecule has 3 N–H and O–H groups in total. The van der Waals surface area contributed by atoms with Crippen molar-refractivity contribution in [2.24, 2.45) is 0 Å². The molecule has 0 amide bonds. The molecule has 0 bridgehead atoms. The summed E-state index contributed by atoms with van der Waals surface area (Å²) in [4.78, 5) is 14.1. The molecule has 2 rings (SSSR count). The fourth-order valence-corrected chi connectivity index (χ4v) is 2.06. The number of benzene rings is 1. The zero-order valence-corrected chi connectivity index (χ0v) is 10.7. The van der Waals surface area contributed by atoms with Gasteiger partial charge in [-0.25, -0.2) is 0 Å². The largest absolute Gasteiger partial charge is 0.385 e. The Morgan fingerprint density at radius 2 is 2.00 bits per heavy atom. The molecular weight excluding hydrogens is 238 g/mol. The molecule has 4 nitrogen and oxygen atoms in total. The smallest absolute Gasteiger partial charge is 0.268 e. The Bertz CT molecular complexity index is 678. The summed E-state index contributed by atoms with van der Waals surface area (Å²) in [5, 5.41) is 9.08. The van der Waals surface area contributed by atoms with Gasteiger partial charge in [-0.1, -0.05) is 37.6 Å². The van der Waals surface area contributed by atoms with E-state index in [0.29, 0.717) is 5.56 Å². The Kier molecular flexibility index (Phi) is 3.67. The number of hydrogen-bond donors (Lipinski definition) is 2. The van der Waals surface area contributed by atoms with Crippen LogP contribution in [0.5, 0.6) is 0 Å². The summed E-state index contributed by atoms with van der Waals surface area (Å²) in [5.74, 6) is 0.261. The molecule has 0 spiro atoms. The van der Waals surface area contributed by atoms with Crippen LogP contribution in [0.15, 0.2) is 35.1 Å². The van der Waals surface area contributed by atoms with Gasteiger partial charge in [-0.2, -0.15) is 5.26 Å². The number of pyridine rings is 1. The molecule has 0 aliphatic carbocycles. The summed E-state index contributed by atoms with van der Waals surface area (Å²) in [6.07, 6.45) is 2.10. The number of hydrogen-bond acceptors (Lipinski definition) is 3. The van der Waals surface area contributed by atoms with E-state index in [-0.39, 0.29) is 11.4 Å². The number of aromatic nitrogens is 1. The molecule has 0 radical (unpaired) electrons. The Morgan fingerprint density at radius 1 is 1.32 bits per heavy atom. The molecule has 0 aliphatic rings. The summed E-state index contributed by atoms with van der Waals surface area (Å²) in [6, 6.07) is 11.4. The second-order valence-corrected chi connectivity index (χ2v) is 4.40. The molecule has 0 unspecified atom stereocenters. The molecule has 96 valence electrons. The fraction of sp³-hybridized carbons (Fsp3) is 0.200. The fourth-order valence-electron chi connectivity index (χ4n) is 2.06. The number of aryl methyl sites for hydroxylation is 1. The Labute approximate surface area is 111 Å². The number of anilines is 1. The van der Waals surface area contributed by atoms with Gasteiger partial charge >= 0.3 is 0 Å².